The van der Waals surface area contributed by atoms with Crippen molar-refractivity contribution in [2.75, 3.05) is 18.0 Å². The molecule has 1 fully saturated rings. The first-order valence-electron chi connectivity index (χ1n) is 7.29. The van der Waals surface area contributed by atoms with Crippen molar-refractivity contribution in [3.8, 4) is 0 Å². The third kappa shape index (κ3) is 3.06. The molecule has 1 aliphatic heterocycles. The molecule has 104 valence electrons. The van der Waals surface area contributed by atoms with Gasteiger partial charge in [0.2, 0.25) is 0 Å². The highest BCUT2D eigenvalue weighted by atomic mass is 79.9. The largest absolute Gasteiger partial charge is 0.371 e. The van der Waals surface area contributed by atoms with Crippen LogP contribution in [0.1, 0.15) is 29.9 Å². The summed E-state index contributed by atoms with van der Waals surface area (Å²) in [5.41, 5.74) is 4.18. The fourth-order valence-corrected chi connectivity index (χ4v) is 3.23. The normalized spacial score (nSPS) is 16.4. The van der Waals surface area contributed by atoms with E-state index in [-0.39, 0.29) is 0 Å². The van der Waals surface area contributed by atoms with Crippen molar-refractivity contribution in [1.29, 1.82) is 0 Å². The molecule has 2 aromatic rings. The summed E-state index contributed by atoms with van der Waals surface area (Å²) in [6, 6.07) is 17.7. The second-order valence-corrected chi connectivity index (χ2v) is 6.56. The van der Waals surface area contributed by atoms with E-state index in [2.05, 4.69) is 76.3 Å². The van der Waals surface area contributed by atoms with Gasteiger partial charge in [0.1, 0.15) is 0 Å². The number of benzene rings is 2. The van der Waals surface area contributed by atoms with E-state index in [0.29, 0.717) is 5.92 Å². The van der Waals surface area contributed by atoms with Crippen LogP contribution in [0.5, 0.6) is 0 Å². The molecule has 0 radical (unpaired) electrons. The summed E-state index contributed by atoms with van der Waals surface area (Å²) in [6.45, 7) is 4.46. The van der Waals surface area contributed by atoms with Gasteiger partial charge in [0.15, 0.2) is 0 Å². The number of anilines is 1. The van der Waals surface area contributed by atoms with Gasteiger partial charge in [-0.25, -0.2) is 0 Å². The van der Waals surface area contributed by atoms with Gasteiger partial charge in [-0.3, -0.25) is 0 Å². The number of halogens is 1. The Kier molecular flexibility index (Phi) is 4.11. The molecule has 0 saturated carbocycles. The van der Waals surface area contributed by atoms with Crippen LogP contribution in [0.3, 0.4) is 0 Å². The van der Waals surface area contributed by atoms with E-state index >= 15 is 0 Å². The molecule has 1 aliphatic rings. The van der Waals surface area contributed by atoms with Crippen LogP contribution in [0.15, 0.2) is 53.0 Å². The van der Waals surface area contributed by atoms with Crippen molar-refractivity contribution >= 4 is 21.6 Å². The topological polar surface area (TPSA) is 3.24 Å². The van der Waals surface area contributed by atoms with Crippen LogP contribution in [0.2, 0.25) is 0 Å². The van der Waals surface area contributed by atoms with Gasteiger partial charge in [-0.1, -0.05) is 45.8 Å². The highest BCUT2D eigenvalue weighted by Gasteiger charge is 2.20. The Labute approximate surface area is 129 Å². The van der Waals surface area contributed by atoms with Crippen LogP contribution in [-0.4, -0.2) is 13.1 Å². The maximum absolute atomic E-state index is 3.51. The first-order chi connectivity index (χ1) is 9.72. The smallest absolute Gasteiger partial charge is 0.0366 e. The molecule has 0 spiro atoms. The quantitative estimate of drug-likeness (QED) is 0.737. The maximum Gasteiger partial charge on any atom is 0.0366 e. The van der Waals surface area contributed by atoms with E-state index in [4.69, 9.17) is 0 Å². The van der Waals surface area contributed by atoms with Crippen LogP contribution >= 0.6 is 15.9 Å². The van der Waals surface area contributed by atoms with Crippen LogP contribution < -0.4 is 4.90 Å². The number of rotatable bonds is 2. The lowest BCUT2D eigenvalue weighted by Gasteiger charge is -2.34. The number of aryl methyl sites for hydroxylation is 1. The van der Waals surface area contributed by atoms with E-state index in [1.165, 1.54) is 34.1 Å². The second kappa shape index (κ2) is 6.01. The van der Waals surface area contributed by atoms with Crippen molar-refractivity contribution < 1.29 is 0 Å². The van der Waals surface area contributed by atoms with Gasteiger partial charge in [0.25, 0.3) is 0 Å². The molecule has 0 aliphatic carbocycles. The average molecular weight is 330 g/mol. The van der Waals surface area contributed by atoms with E-state index in [9.17, 15) is 0 Å². The van der Waals surface area contributed by atoms with Crippen molar-refractivity contribution in [1.82, 2.24) is 0 Å². The number of piperidine rings is 1. The minimum absolute atomic E-state index is 0.713. The third-order valence-electron chi connectivity index (χ3n) is 4.24. The molecular weight excluding hydrogens is 310 g/mol. The highest BCUT2D eigenvalue weighted by Crippen LogP contribution is 2.31. The summed E-state index contributed by atoms with van der Waals surface area (Å²) in [4.78, 5) is 2.51. The molecule has 1 heterocycles. The molecule has 2 heteroatoms. The molecule has 0 unspecified atom stereocenters. The van der Waals surface area contributed by atoms with E-state index in [0.717, 1.165) is 13.1 Å². The predicted octanol–water partition coefficient (Wildman–Crippen LogP) is 5.14. The fraction of sp³-hybridized carbons (Fsp3) is 0.333. The first-order valence-corrected chi connectivity index (χ1v) is 8.09. The standard InChI is InChI=1S/C18H20BrN/c1-14-2-8-18(9-3-14)20-12-10-16(11-13-20)15-4-6-17(19)7-5-15/h2-9,16H,10-13H2,1H3. The number of hydrogen-bond donors (Lipinski definition) is 0. The Bertz CT molecular complexity index is 497. The predicted molar refractivity (Wildman–Crippen MR) is 89.5 cm³/mol. The molecular formula is C18H20BrN. The maximum atomic E-state index is 3.51. The zero-order valence-corrected chi connectivity index (χ0v) is 13.4. The molecule has 3 rings (SSSR count). The van der Waals surface area contributed by atoms with Gasteiger partial charge in [0.05, 0.1) is 0 Å². The van der Waals surface area contributed by atoms with Gasteiger partial charge in [-0.05, 0) is 55.5 Å². The van der Waals surface area contributed by atoms with Crippen LogP contribution in [0.4, 0.5) is 5.69 Å². The number of hydrogen-bond acceptors (Lipinski definition) is 1. The summed E-state index contributed by atoms with van der Waals surface area (Å²) in [7, 11) is 0. The van der Waals surface area contributed by atoms with Gasteiger partial charge in [0, 0.05) is 23.2 Å². The molecule has 0 aromatic heterocycles. The van der Waals surface area contributed by atoms with E-state index in [1.807, 2.05) is 0 Å². The monoisotopic (exact) mass is 329 g/mol. The Morgan fingerprint density at radius 2 is 1.50 bits per heavy atom. The Morgan fingerprint density at radius 3 is 2.10 bits per heavy atom. The minimum atomic E-state index is 0.713. The minimum Gasteiger partial charge on any atom is -0.371 e. The van der Waals surface area contributed by atoms with Gasteiger partial charge in [-0.2, -0.15) is 0 Å². The third-order valence-corrected chi connectivity index (χ3v) is 4.76. The summed E-state index contributed by atoms with van der Waals surface area (Å²) < 4.78 is 1.17. The molecule has 20 heavy (non-hydrogen) atoms. The van der Waals surface area contributed by atoms with Gasteiger partial charge < -0.3 is 4.90 Å². The summed E-state index contributed by atoms with van der Waals surface area (Å²) in [6.07, 6.45) is 2.49. The molecule has 1 saturated heterocycles. The Morgan fingerprint density at radius 1 is 0.900 bits per heavy atom. The molecule has 1 nitrogen and oxygen atoms in total. The lowest BCUT2D eigenvalue weighted by atomic mass is 9.89. The summed E-state index contributed by atoms with van der Waals surface area (Å²) in [5, 5.41) is 0. The van der Waals surface area contributed by atoms with Crippen molar-refractivity contribution in [2.24, 2.45) is 0 Å². The van der Waals surface area contributed by atoms with Crippen LogP contribution in [0.25, 0.3) is 0 Å². The van der Waals surface area contributed by atoms with E-state index in [1.54, 1.807) is 0 Å². The zero-order chi connectivity index (χ0) is 13.9. The first kappa shape index (κ1) is 13.7. The van der Waals surface area contributed by atoms with Crippen molar-refractivity contribution in [3.05, 3.63) is 64.1 Å². The summed E-state index contributed by atoms with van der Waals surface area (Å²) >= 11 is 3.51. The van der Waals surface area contributed by atoms with Crippen LogP contribution in [0, 0.1) is 6.92 Å². The van der Waals surface area contributed by atoms with Gasteiger partial charge >= 0.3 is 0 Å². The van der Waals surface area contributed by atoms with E-state index < -0.39 is 0 Å². The molecule has 2 aromatic carbocycles. The lowest BCUT2D eigenvalue weighted by molar-refractivity contribution is 0.505. The van der Waals surface area contributed by atoms with Gasteiger partial charge in [-0.15, -0.1) is 0 Å². The highest BCUT2D eigenvalue weighted by molar-refractivity contribution is 9.10. The van der Waals surface area contributed by atoms with Crippen molar-refractivity contribution in [3.63, 3.8) is 0 Å². The fourth-order valence-electron chi connectivity index (χ4n) is 2.96. The summed E-state index contributed by atoms with van der Waals surface area (Å²) in [5.74, 6) is 0.713. The average Bonchev–Trinajstić information content (AvgIpc) is 2.49. The Hall–Kier alpha value is -1.28. The molecule has 0 atom stereocenters. The SMILES string of the molecule is Cc1ccc(N2CCC(c3ccc(Br)cc3)CC2)cc1. The molecule has 0 N–H and O–H groups in total. The molecule has 0 amide bonds. The lowest BCUT2D eigenvalue weighted by Crippen LogP contribution is -2.32. The number of nitrogens with zero attached hydrogens (tertiary/aromatic N) is 1. The van der Waals surface area contributed by atoms with Crippen LogP contribution in [-0.2, 0) is 0 Å². The zero-order valence-electron chi connectivity index (χ0n) is 11.8. The van der Waals surface area contributed by atoms with Crippen molar-refractivity contribution in [2.45, 2.75) is 25.7 Å². The second-order valence-electron chi connectivity index (χ2n) is 5.65. The Balaban J connectivity index is 1.64. The molecule has 0 bridgehead atoms.